The Hall–Kier alpha value is -3.42. The number of hydrogen-bond acceptors (Lipinski definition) is 5. The number of pyridine rings is 1. The smallest absolute Gasteiger partial charge is 0.417 e. The van der Waals surface area contributed by atoms with E-state index in [1.165, 1.54) is 13.1 Å². The van der Waals surface area contributed by atoms with Gasteiger partial charge in [0.15, 0.2) is 17.2 Å². The van der Waals surface area contributed by atoms with E-state index in [9.17, 15) is 40.3 Å². The van der Waals surface area contributed by atoms with Gasteiger partial charge in [-0.3, -0.25) is 14.6 Å². The second kappa shape index (κ2) is 9.91. The molecule has 2 heterocycles. The number of amides is 2. The molecule has 36 heavy (non-hydrogen) atoms. The predicted molar refractivity (Wildman–Crippen MR) is 110 cm³/mol. The molecule has 2 N–H and O–H groups in total. The van der Waals surface area contributed by atoms with Crippen LogP contribution < -0.4 is 15.4 Å². The van der Waals surface area contributed by atoms with Gasteiger partial charge >= 0.3 is 12.8 Å². The monoisotopic (exact) mass is 523 g/mol. The van der Waals surface area contributed by atoms with E-state index in [0.29, 0.717) is 13.0 Å². The summed E-state index contributed by atoms with van der Waals surface area (Å²) in [6.45, 7) is -1.95. The molecular weight excluding hydrogens is 503 g/mol. The first-order valence-electron chi connectivity index (χ1n) is 10.4. The highest BCUT2D eigenvalue weighted by Gasteiger charge is 2.66. The first-order valence-corrected chi connectivity index (χ1v) is 10.4. The first-order chi connectivity index (χ1) is 16.7. The van der Waals surface area contributed by atoms with Crippen LogP contribution in [0.2, 0.25) is 0 Å². The van der Waals surface area contributed by atoms with Crippen LogP contribution in [0.15, 0.2) is 30.5 Å². The highest BCUT2D eigenvalue weighted by molar-refractivity contribution is 5.97. The molecule has 1 fully saturated rings. The van der Waals surface area contributed by atoms with E-state index in [1.54, 1.807) is 0 Å². The third-order valence-corrected chi connectivity index (χ3v) is 6.06. The van der Waals surface area contributed by atoms with Gasteiger partial charge in [0.2, 0.25) is 5.82 Å². The highest BCUT2D eigenvalue weighted by atomic mass is 19.4. The van der Waals surface area contributed by atoms with Gasteiger partial charge in [-0.1, -0.05) is 13.0 Å². The van der Waals surface area contributed by atoms with Gasteiger partial charge in [-0.2, -0.15) is 26.3 Å². The van der Waals surface area contributed by atoms with Crippen molar-refractivity contribution in [3.8, 4) is 5.75 Å². The lowest BCUT2D eigenvalue weighted by atomic mass is 9.77. The molecule has 3 rings (SSSR count). The van der Waals surface area contributed by atoms with Gasteiger partial charge in [0.1, 0.15) is 11.8 Å². The number of anilines is 1. The average Bonchev–Trinajstić information content (AvgIpc) is 3.08. The molecule has 2 aromatic rings. The number of carbonyl (C=O) groups is 2. The molecule has 196 valence electrons. The molecule has 0 radical (unpaired) electrons. The quantitative estimate of drug-likeness (QED) is 0.548. The predicted octanol–water partition coefficient (Wildman–Crippen LogP) is 4.40. The second-order valence-electron chi connectivity index (χ2n) is 8.11. The fourth-order valence-electron chi connectivity index (χ4n) is 4.02. The van der Waals surface area contributed by atoms with E-state index in [-0.39, 0.29) is 11.4 Å². The molecule has 0 bridgehead atoms. The molecule has 0 unspecified atom stereocenters. The number of nitrogens with one attached hydrogen (secondary N) is 2. The number of halogens is 7. The van der Waals surface area contributed by atoms with Crippen molar-refractivity contribution in [3.05, 3.63) is 53.4 Å². The molecule has 0 spiro atoms. The average molecular weight is 523 g/mol. The Morgan fingerprint density at radius 1 is 1.19 bits per heavy atom. The topological polar surface area (TPSA) is 89.6 Å². The highest BCUT2D eigenvalue weighted by Crippen LogP contribution is 2.55. The zero-order chi connectivity index (χ0) is 27.0. The minimum atomic E-state index is -5.04. The van der Waals surface area contributed by atoms with Crippen molar-refractivity contribution in [2.24, 2.45) is 5.92 Å². The maximum Gasteiger partial charge on any atom is 0.417 e. The summed E-state index contributed by atoms with van der Waals surface area (Å²) >= 11 is 0. The number of rotatable bonds is 6. The minimum absolute atomic E-state index is 0.0430. The zero-order valence-electron chi connectivity index (χ0n) is 18.9. The van der Waals surface area contributed by atoms with Gasteiger partial charge in [-0.05, 0) is 25.1 Å². The standard InChI is InChI=1S/C22H20F7N3O4/c1-9-14(11-4-5-12(23)15(24)16(11)35-20(25)26)17(36-21(9,2)22(27,28)29)19(34)32-10-6-7-31-13(8-10)18(33)30-3/h4-9,14,17,20H,1-3H3,(H,30,33)(H,31,32,34)/t9-,14+,17+,21-/m0/s1. The van der Waals surface area contributed by atoms with Crippen LogP contribution in [-0.2, 0) is 9.53 Å². The molecule has 1 aromatic carbocycles. The molecule has 1 aliphatic rings. The number of carbonyl (C=O) groups excluding carboxylic acids is 2. The Morgan fingerprint density at radius 3 is 2.44 bits per heavy atom. The minimum Gasteiger partial charge on any atom is -0.431 e. The van der Waals surface area contributed by atoms with Crippen molar-refractivity contribution in [1.82, 2.24) is 10.3 Å². The van der Waals surface area contributed by atoms with Crippen molar-refractivity contribution in [3.63, 3.8) is 0 Å². The van der Waals surface area contributed by atoms with E-state index in [4.69, 9.17) is 4.74 Å². The van der Waals surface area contributed by atoms with Gasteiger partial charge in [0.25, 0.3) is 11.8 Å². The fraction of sp³-hybridized carbons (Fsp3) is 0.409. The van der Waals surface area contributed by atoms with Crippen LogP contribution in [0.1, 0.15) is 35.8 Å². The first kappa shape index (κ1) is 27.2. The normalized spacial score (nSPS) is 24.0. The third kappa shape index (κ3) is 4.94. The Morgan fingerprint density at radius 2 is 1.86 bits per heavy atom. The van der Waals surface area contributed by atoms with Crippen molar-refractivity contribution in [2.75, 3.05) is 12.4 Å². The van der Waals surface area contributed by atoms with Crippen LogP contribution in [0.4, 0.5) is 36.4 Å². The number of aromatic nitrogens is 1. The number of ether oxygens (including phenoxy) is 2. The zero-order valence-corrected chi connectivity index (χ0v) is 18.9. The maximum absolute atomic E-state index is 14.4. The summed E-state index contributed by atoms with van der Waals surface area (Å²) in [5.41, 5.74) is -3.76. The van der Waals surface area contributed by atoms with Crippen molar-refractivity contribution < 1.29 is 49.8 Å². The molecular formula is C22H20F7N3O4. The van der Waals surface area contributed by atoms with Crippen LogP contribution in [0.5, 0.6) is 5.75 Å². The fourth-order valence-corrected chi connectivity index (χ4v) is 4.02. The van der Waals surface area contributed by atoms with Crippen LogP contribution in [0.25, 0.3) is 0 Å². The molecule has 1 aromatic heterocycles. The van der Waals surface area contributed by atoms with Crippen molar-refractivity contribution in [1.29, 1.82) is 0 Å². The maximum atomic E-state index is 14.4. The summed E-state index contributed by atoms with van der Waals surface area (Å²) in [4.78, 5) is 28.7. The summed E-state index contributed by atoms with van der Waals surface area (Å²) in [5.74, 6) is -9.89. The van der Waals surface area contributed by atoms with E-state index < -0.39 is 71.1 Å². The Bertz CT molecular complexity index is 1160. The van der Waals surface area contributed by atoms with E-state index >= 15 is 0 Å². The van der Waals surface area contributed by atoms with Crippen molar-refractivity contribution in [2.45, 2.75) is 44.3 Å². The second-order valence-corrected chi connectivity index (χ2v) is 8.11. The van der Waals surface area contributed by atoms with E-state index in [1.807, 2.05) is 0 Å². The molecule has 0 saturated carbocycles. The number of nitrogens with zero attached hydrogens (tertiary/aromatic N) is 1. The molecule has 0 aliphatic carbocycles. The molecule has 1 saturated heterocycles. The van der Waals surface area contributed by atoms with Gasteiger partial charge in [0, 0.05) is 36.3 Å². The summed E-state index contributed by atoms with van der Waals surface area (Å²) < 4.78 is 105. The lowest BCUT2D eigenvalue weighted by Gasteiger charge is -2.32. The van der Waals surface area contributed by atoms with Crippen LogP contribution in [0, 0.1) is 17.6 Å². The molecule has 2 amide bonds. The molecule has 14 heteroatoms. The summed E-state index contributed by atoms with van der Waals surface area (Å²) in [5, 5.41) is 4.60. The number of benzene rings is 1. The summed E-state index contributed by atoms with van der Waals surface area (Å²) in [6, 6.07) is 3.66. The van der Waals surface area contributed by atoms with Crippen LogP contribution >= 0.6 is 0 Å². The van der Waals surface area contributed by atoms with Gasteiger partial charge in [0.05, 0.1) is 0 Å². The number of hydrogen-bond donors (Lipinski definition) is 2. The SMILES string of the molecule is CNC(=O)c1cc(NC(=O)[C@@H]2O[C@](C)(C(F)(F)F)[C@@H](C)[C@@H]2c2ccc(F)c(F)c2OC(F)F)ccn1. The lowest BCUT2D eigenvalue weighted by Crippen LogP contribution is -2.47. The third-order valence-electron chi connectivity index (χ3n) is 6.06. The van der Waals surface area contributed by atoms with Crippen molar-refractivity contribution >= 4 is 17.5 Å². The Labute approximate surface area is 200 Å². The lowest BCUT2D eigenvalue weighted by molar-refractivity contribution is -0.272. The van der Waals surface area contributed by atoms with E-state index in [0.717, 1.165) is 25.3 Å². The van der Waals surface area contributed by atoms with Crippen LogP contribution in [-0.4, -0.2) is 48.3 Å². The Balaban J connectivity index is 2.09. The summed E-state index contributed by atoms with van der Waals surface area (Å²) in [7, 11) is 1.33. The molecule has 7 nitrogen and oxygen atoms in total. The largest absolute Gasteiger partial charge is 0.431 e. The van der Waals surface area contributed by atoms with Gasteiger partial charge in [-0.25, -0.2) is 4.39 Å². The van der Waals surface area contributed by atoms with Gasteiger partial charge in [-0.15, -0.1) is 0 Å². The van der Waals surface area contributed by atoms with E-state index in [2.05, 4.69) is 20.4 Å². The molecule has 4 atom stereocenters. The Kier molecular flexibility index (Phi) is 7.48. The van der Waals surface area contributed by atoms with Gasteiger partial charge < -0.3 is 20.1 Å². The van der Waals surface area contributed by atoms with Crippen LogP contribution in [0.3, 0.4) is 0 Å². The summed E-state index contributed by atoms with van der Waals surface area (Å²) in [6.07, 6.45) is -5.89. The number of alkyl halides is 5. The molecule has 1 aliphatic heterocycles.